The molecule has 0 rings (SSSR count). The molecule has 0 bridgehead atoms. The SMILES string of the molecule is CCCC[CH]=[Ru+]. The predicted molar refractivity (Wildman–Crippen MR) is 25.6 cm³/mol. The summed E-state index contributed by atoms with van der Waals surface area (Å²) in [5.41, 5.74) is 0. The average molecular weight is 171 g/mol. The van der Waals surface area contributed by atoms with Gasteiger partial charge in [0.15, 0.2) is 0 Å². The minimum atomic E-state index is 1.26. The van der Waals surface area contributed by atoms with Crippen LogP contribution in [0.2, 0.25) is 0 Å². The Kier molecular flexibility index (Phi) is 5.95. The van der Waals surface area contributed by atoms with Crippen LogP contribution in [0.4, 0.5) is 0 Å². The second kappa shape index (κ2) is 5.49. The van der Waals surface area contributed by atoms with E-state index in [1.54, 1.807) is 0 Å². The molecule has 0 aliphatic heterocycles. The third kappa shape index (κ3) is 4.49. The Morgan fingerprint density at radius 2 is 2.33 bits per heavy atom. The zero-order chi connectivity index (χ0) is 4.83. The molecular weight excluding hydrogens is 161 g/mol. The summed E-state index contributed by atoms with van der Waals surface area (Å²) in [7, 11) is 0. The zero-order valence-corrected chi connectivity index (χ0v) is 5.79. The van der Waals surface area contributed by atoms with Crippen LogP contribution in [0.1, 0.15) is 26.2 Å². The van der Waals surface area contributed by atoms with Crippen LogP contribution in [-0.4, -0.2) is 4.61 Å². The summed E-state index contributed by atoms with van der Waals surface area (Å²) < 4.78 is 2.14. The van der Waals surface area contributed by atoms with E-state index in [9.17, 15) is 0 Å². The van der Waals surface area contributed by atoms with Crippen LogP contribution < -0.4 is 0 Å². The standard InChI is InChI=1S/C5H10.Ru/c1-3-5-4-2;/h1H,3-5H2,2H3;/q;+1. The van der Waals surface area contributed by atoms with Gasteiger partial charge in [-0.1, -0.05) is 0 Å². The van der Waals surface area contributed by atoms with Crippen molar-refractivity contribution in [3.8, 4) is 0 Å². The first-order valence-corrected chi connectivity index (χ1v) is 3.32. The molecule has 0 N–H and O–H groups in total. The summed E-state index contributed by atoms with van der Waals surface area (Å²) in [6.45, 7) is 2.20. The summed E-state index contributed by atoms with van der Waals surface area (Å²) in [6.07, 6.45) is 3.91. The van der Waals surface area contributed by atoms with Gasteiger partial charge >= 0.3 is 48.6 Å². The number of rotatable bonds is 3. The fraction of sp³-hybridized carbons (Fsp3) is 0.800. The summed E-state index contributed by atoms with van der Waals surface area (Å²) >= 11 is 2.52. The third-order valence-corrected chi connectivity index (χ3v) is 1.16. The molecule has 0 aliphatic carbocycles. The van der Waals surface area contributed by atoms with E-state index >= 15 is 0 Å². The molecule has 0 aliphatic rings. The quantitative estimate of drug-likeness (QED) is 0.446. The maximum atomic E-state index is 2.52. The number of hydrogen-bond acceptors (Lipinski definition) is 0. The van der Waals surface area contributed by atoms with Crippen molar-refractivity contribution < 1.29 is 17.9 Å². The molecule has 0 aromatic heterocycles. The van der Waals surface area contributed by atoms with Crippen LogP contribution in [0.3, 0.4) is 0 Å². The van der Waals surface area contributed by atoms with E-state index in [0.717, 1.165) is 0 Å². The van der Waals surface area contributed by atoms with Crippen molar-refractivity contribution >= 4 is 4.61 Å². The van der Waals surface area contributed by atoms with Gasteiger partial charge in [0.05, 0.1) is 0 Å². The van der Waals surface area contributed by atoms with Crippen molar-refractivity contribution in [2.45, 2.75) is 26.2 Å². The van der Waals surface area contributed by atoms with Gasteiger partial charge in [-0.05, 0) is 0 Å². The molecule has 0 unspecified atom stereocenters. The van der Waals surface area contributed by atoms with Crippen LogP contribution in [-0.2, 0) is 17.9 Å². The van der Waals surface area contributed by atoms with Gasteiger partial charge in [-0.2, -0.15) is 0 Å². The molecule has 0 saturated carbocycles. The van der Waals surface area contributed by atoms with E-state index in [-0.39, 0.29) is 0 Å². The van der Waals surface area contributed by atoms with Crippen molar-refractivity contribution in [1.29, 1.82) is 0 Å². The average Bonchev–Trinajstić information content (AvgIpc) is 1.61. The maximum absolute atomic E-state index is 2.52. The van der Waals surface area contributed by atoms with Crippen LogP contribution in [0.25, 0.3) is 0 Å². The Morgan fingerprint density at radius 3 is 2.50 bits per heavy atom. The van der Waals surface area contributed by atoms with Crippen LogP contribution in [0.15, 0.2) is 0 Å². The summed E-state index contributed by atoms with van der Waals surface area (Å²) in [4.78, 5) is 0. The van der Waals surface area contributed by atoms with Crippen molar-refractivity contribution in [1.82, 2.24) is 0 Å². The van der Waals surface area contributed by atoms with Gasteiger partial charge < -0.3 is 0 Å². The van der Waals surface area contributed by atoms with Crippen molar-refractivity contribution in [3.05, 3.63) is 0 Å². The van der Waals surface area contributed by atoms with Gasteiger partial charge in [0.25, 0.3) is 0 Å². The van der Waals surface area contributed by atoms with E-state index < -0.39 is 0 Å². The Morgan fingerprint density at radius 1 is 1.67 bits per heavy atom. The molecule has 1 heteroatoms. The second-order valence-corrected chi connectivity index (χ2v) is 2.00. The summed E-state index contributed by atoms with van der Waals surface area (Å²) in [5, 5.41) is 0. The molecule has 0 saturated heterocycles. The van der Waals surface area contributed by atoms with Crippen molar-refractivity contribution in [2.24, 2.45) is 0 Å². The number of hydrogen-bond donors (Lipinski definition) is 0. The van der Waals surface area contributed by atoms with Crippen LogP contribution >= 0.6 is 0 Å². The van der Waals surface area contributed by atoms with Gasteiger partial charge in [0, 0.05) is 0 Å². The first-order chi connectivity index (χ1) is 2.91. The summed E-state index contributed by atoms with van der Waals surface area (Å²) in [5.74, 6) is 0. The molecule has 0 spiro atoms. The van der Waals surface area contributed by atoms with Gasteiger partial charge in [-0.15, -0.1) is 0 Å². The fourth-order valence-electron chi connectivity index (χ4n) is 0.276. The first-order valence-electron chi connectivity index (χ1n) is 2.32. The Labute approximate surface area is 49.1 Å². The van der Waals surface area contributed by atoms with E-state index in [2.05, 4.69) is 29.4 Å². The van der Waals surface area contributed by atoms with E-state index in [1.165, 1.54) is 19.3 Å². The molecular formula is C5H10Ru+. The van der Waals surface area contributed by atoms with E-state index in [4.69, 9.17) is 0 Å². The molecule has 0 nitrogen and oxygen atoms in total. The van der Waals surface area contributed by atoms with Gasteiger partial charge in [-0.25, -0.2) is 0 Å². The Hall–Kier alpha value is 0.493. The van der Waals surface area contributed by atoms with Gasteiger partial charge in [0.1, 0.15) is 0 Å². The zero-order valence-electron chi connectivity index (χ0n) is 4.05. The normalized spacial score (nSPS) is 8.17. The van der Waals surface area contributed by atoms with Crippen molar-refractivity contribution in [3.63, 3.8) is 0 Å². The number of unbranched alkanes of at least 4 members (excludes halogenated alkanes) is 2. The molecule has 6 heavy (non-hydrogen) atoms. The minimum absolute atomic E-state index is 1.26. The fourth-order valence-corrected chi connectivity index (χ4v) is 0.631. The molecule has 0 radical (unpaired) electrons. The molecule has 0 fully saturated rings. The molecule has 0 aromatic carbocycles. The first kappa shape index (κ1) is 6.49. The molecule has 0 heterocycles. The van der Waals surface area contributed by atoms with E-state index in [0.29, 0.717) is 0 Å². The molecule has 0 aromatic rings. The van der Waals surface area contributed by atoms with E-state index in [1.807, 2.05) is 0 Å². The van der Waals surface area contributed by atoms with Crippen LogP contribution in [0.5, 0.6) is 0 Å². The van der Waals surface area contributed by atoms with Gasteiger partial charge in [-0.3, -0.25) is 0 Å². The molecule has 0 atom stereocenters. The monoisotopic (exact) mass is 172 g/mol. The topological polar surface area (TPSA) is 0 Å². The Balaban J connectivity index is 2.49. The molecule has 37 valence electrons. The van der Waals surface area contributed by atoms with Crippen LogP contribution in [0, 0.1) is 0 Å². The third-order valence-electron chi connectivity index (χ3n) is 0.660. The second-order valence-electron chi connectivity index (χ2n) is 1.29. The van der Waals surface area contributed by atoms with Gasteiger partial charge in [0.2, 0.25) is 0 Å². The predicted octanol–water partition coefficient (Wildman–Crippen LogP) is 1.53. The summed E-state index contributed by atoms with van der Waals surface area (Å²) in [6, 6.07) is 0. The molecule has 0 amide bonds. The van der Waals surface area contributed by atoms with Crippen molar-refractivity contribution in [2.75, 3.05) is 0 Å². The Bertz CT molecular complexity index is 32.9.